The SMILES string of the molecule is CCCCCCCCCC(CCCCCCCC)[N+](C)(C)C.[Br-]. The third-order valence-electron chi connectivity index (χ3n) is 5.13. The van der Waals surface area contributed by atoms with E-state index in [4.69, 9.17) is 0 Å². The van der Waals surface area contributed by atoms with Crippen molar-refractivity contribution in [3.8, 4) is 0 Å². The Morgan fingerprint density at radius 2 is 0.826 bits per heavy atom. The Balaban J connectivity index is 0. The molecule has 0 bridgehead atoms. The molecule has 2 heteroatoms. The van der Waals surface area contributed by atoms with Gasteiger partial charge in [-0.2, -0.15) is 0 Å². The maximum absolute atomic E-state index is 2.39. The zero-order valence-electron chi connectivity index (χ0n) is 17.0. The Bertz CT molecular complexity index is 222. The van der Waals surface area contributed by atoms with Crippen LogP contribution in [0.2, 0.25) is 0 Å². The lowest BCUT2D eigenvalue weighted by Crippen LogP contribution is -3.00. The molecule has 0 aromatic heterocycles. The Hall–Kier alpha value is 0.440. The number of halogens is 1. The van der Waals surface area contributed by atoms with Gasteiger partial charge in [-0.25, -0.2) is 0 Å². The molecule has 142 valence electrons. The summed E-state index contributed by atoms with van der Waals surface area (Å²) >= 11 is 0. The first-order chi connectivity index (χ1) is 10.5. The van der Waals surface area contributed by atoms with E-state index in [1.54, 1.807) is 0 Å². The van der Waals surface area contributed by atoms with Crippen LogP contribution < -0.4 is 17.0 Å². The molecule has 0 rings (SSSR count). The summed E-state index contributed by atoms with van der Waals surface area (Å²) in [5.41, 5.74) is 0. The highest BCUT2D eigenvalue weighted by Gasteiger charge is 2.22. The largest absolute Gasteiger partial charge is 1.00 e. The summed E-state index contributed by atoms with van der Waals surface area (Å²) in [4.78, 5) is 0. The minimum Gasteiger partial charge on any atom is -1.00 e. The summed E-state index contributed by atoms with van der Waals surface area (Å²) in [6.45, 7) is 4.60. The average molecular weight is 393 g/mol. The van der Waals surface area contributed by atoms with E-state index in [2.05, 4.69) is 35.0 Å². The smallest absolute Gasteiger partial charge is 0.0884 e. The van der Waals surface area contributed by atoms with Crippen molar-refractivity contribution in [1.29, 1.82) is 0 Å². The first kappa shape index (κ1) is 25.7. The molecule has 0 saturated carbocycles. The number of quaternary nitrogens is 1. The highest BCUT2D eigenvalue weighted by Crippen LogP contribution is 2.20. The fourth-order valence-corrected chi connectivity index (χ4v) is 3.42. The van der Waals surface area contributed by atoms with Gasteiger partial charge in [-0.3, -0.25) is 0 Å². The summed E-state index contributed by atoms with van der Waals surface area (Å²) in [7, 11) is 7.18. The zero-order chi connectivity index (χ0) is 16.7. The van der Waals surface area contributed by atoms with Gasteiger partial charge in [0.15, 0.2) is 0 Å². The molecule has 0 aliphatic carbocycles. The Morgan fingerprint density at radius 3 is 1.13 bits per heavy atom. The summed E-state index contributed by atoms with van der Waals surface area (Å²) in [6, 6.07) is 0.877. The molecule has 1 atom stereocenters. The van der Waals surface area contributed by atoms with Gasteiger partial charge in [0.2, 0.25) is 0 Å². The predicted molar refractivity (Wildman–Crippen MR) is 102 cm³/mol. The number of unbranched alkanes of at least 4 members (excludes halogenated alkanes) is 11. The highest BCUT2D eigenvalue weighted by atomic mass is 79.9. The molecule has 0 amide bonds. The van der Waals surface area contributed by atoms with Crippen LogP contribution in [0.3, 0.4) is 0 Å². The Labute approximate surface area is 159 Å². The molecule has 0 aliphatic rings. The van der Waals surface area contributed by atoms with E-state index in [-0.39, 0.29) is 17.0 Å². The number of rotatable bonds is 16. The second-order valence-corrected chi connectivity index (χ2v) is 8.24. The first-order valence-corrected chi connectivity index (χ1v) is 10.3. The van der Waals surface area contributed by atoms with Gasteiger partial charge in [-0.1, -0.05) is 84.5 Å². The molecule has 0 fully saturated rings. The quantitative estimate of drug-likeness (QED) is 0.276. The van der Waals surface area contributed by atoms with Crippen molar-refractivity contribution >= 4 is 0 Å². The summed E-state index contributed by atoms with van der Waals surface area (Å²) in [6.07, 6.45) is 21.5. The van der Waals surface area contributed by atoms with Gasteiger partial charge in [0.25, 0.3) is 0 Å². The van der Waals surface area contributed by atoms with Crippen LogP contribution in [0.15, 0.2) is 0 Å². The normalized spacial score (nSPS) is 12.9. The van der Waals surface area contributed by atoms with Crippen LogP contribution in [-0.2, 0) is 0 Å². The molecule has 1 unspecified atom stereocenters. The molecule has 0 aromatic carbocycles. The minimum atomic E-state index is 0. The lowest BCUT2D eigenvalue weighted by atomic mass is 9.98. The molecule has 0 saturated heterocycles. The van der Waals surface area contributed by atoms with Crippen LogP contribution in [0.25, 0.3) is 0 Å². The van der Waals surface area contributed by atoms with Crippen LogP contribution in [-0.4, -0.2) is 31.7 Å². The lowest BCUT2D eigenvalue weighted by molar-refractivity contribution is -0.896. The van der Waals surface area contributed by atoms with Crippen molar-refractivity contribution in [2.45, 2.75) is 116 Å². The van der Waals surface area contributed by atoms with E-state index >= 15 is 0 Å². The van der Waals surface area contributed by atoms with Crippen LogP contribution in [0.1, 0.15) is 110 Å². The van der Waals surface area contributed by atoms with E-state index in [0.717, 1.165) is 10.5 Å². The van der Waals surface area contributed by atoms with Crippen molar-refractivity contribution in [1.82, 2.24) is 0 Å². The van der Waals surface area contributed by atoms with Gasteiger partial charge in [-0.15, -0.1) is 0 Å². The van der Waals surface area contributed by atoms with Crippen molar-refractivity contribution in [2.75, 3.05) is 21.1 Å². The van der Waals surface area contributed by atoms with Crippen molar-refractivity contribution < 1.29 is 21.5 Å². The van der Waals surface area contributed by atoms with Gasteiger partial charge < -0.3 is 21.5 Å². The van der Waals surface area contributed by atoms with E-state index in [9.17, 15) is 0 Å². The van der Waals surface area contributed by atoms with Crippen molar-refractivity contribution in [3.05, 3.63) is 0 Å². The van der Waals surface area contributed by atoms with Crippen LogP contribution in [0.4, 0.5) is 0 Å². The standard InChI is InChI=1S/C21H46N.BrH/c1-6-8-10-12-14-16-18-20-21(22(3,4)5)19-17-15-13-11-9-7-2;/h21H,6-20H2,1-5H3;1H/q+1;/p-1. The second kappa shape index (κ2) is 17.3. The van der Waals surface area contributed by atoms with Crippen molar-refractivity contribution in [3.63, 3.8) is 0 Å². The molecule has 0 aromatic rings. The molecule has 1 nitrogen and oxygen atoms in total. The Kier molecular flexibility index (Phi) is 19.3. The summed E-state index contributed by atoms with van der Waals surface area (Å²) < 4.78 is 1.16. The Morgan fingerprint density at radius 1 is 0.522 bits per heavy atom. The maximum Gasteiger partial charge on any atom is 0.0884 e. The summed E-state index contributed by atoms with van der Waals surface area (Å²) in [5.74, 6) is 0. The third kappa shape index (κ3) is 17.1. The fourth-order valence-electron chi connectivity index (χ4n) is 3.42. The molecular formula is C21H46BrN. The predicted octanol–water partition coefficient (Wildman–Crippen LogP) is 3.96. The minimum absolute atomic E-state index is 0. The molecule has 23 heavy (non-hydrogen) atoms. The van der Waals surface area contributed by atoms with Gasteiger partial charge in [0, 0.05) is 0 Å². The van der Waals surface area contributed by atoms with Crippen LogP contribution in [0, 0.1) is 0 Å². The summed E-state index contributed by atoms with van der Waals surface area (Å²) in [5, 5.41) is 0. The van der Waals surface area contributed by atoms with E-state index in [0.29, 0.717) is 0 Å². The second-order valence-electron chi connectivity index (χ2n) is 8.24. The van der Waals surface area contributed by atoms with Gasteiger partial charge >= 0.3 is 0 Å². The number of nitrogens with zero attached hydrogens (tertiary/aromatic N) is 1. The van der Waals surface area contributed by atoms with Gasteiger partial charge in [0.05, 0.1) is 27.2 Å². The average Bonchev–Trinajstić information content (AvgIpc) is 2.46. The van der Waals surface area contributed by atoms with Gasteiger partial charge in [0.1, 0.15) is 0 Å². The lowest BCUT2D eigenvalue weighted by Gasteiger charge is -2.34. The highest BCUT2D eigenvalue weighted by molar-refractivity contribution is 4.60. The molecule has 0 spiro atoms. The zero-order valence-corrected chi connectivity index (χ0v) is 18.6. The fraction of sp³-hybridized carbons (Fsp3) is 1.00. The van der Waals surface area contributed by atoms with E-state index < -0.39 is 0 Å². The monoisotopic (exact) mass is 391 g/mol. The molecule has 0 radical (unpaired) electrons. The van der Waals surface area contributed by atoms with Crippen LogP contribution in [0.5, 0.6) is 0 Å². The molecule has 0 heterocycles. The molecule has 0 aliphatic heterocycles. The van der Waals surface area contributed by atoms with E-state index in [1.807, 2.05) is 0 Å². The first-order valence-electron chi connectivity index (χ1n) is 10.3. The third-order valence-corrected chi connectivity index (χ3v) is 5.13. The number of hydrogen-bond acceptors (Lipinski definition) is 0. The van der Waals surface area contributed by atoms with Gasteiger partial charge in [-0.05, 0) is 25.7 Å². The maximum atomic E-state index is 2.39. The number of hydrogen-bond donors (Lipinski definition) is 0. The van der Waals surface area contributed by atoms with E-state index in [1.165, 1.54) is 96.3 Å². The van der Waals surface area contributed by atoms with Crippen molar-refractivity contribution in [2.24, 2.45) is 0 Å². The topological polar surface area (TPSA) is 0 Å². The molecule has 0 N–H and O–H groups in total. The van der Waals surface area contributed by atoms with Crippen LogP contribution >= 0.6 is 0 Å². The molecular weight excluding hydrogens is 346 g/mol.